The second-order valence-corrected chi connectivity index (χ2v) is 6.21. The highest BCUT2D eigenvalue weighted by Gasteiger charge is 2.27. The van der Waals surface area contributed by atoms with E-state index in [0.717, 1.165) is 5.56 Å². The number of carbonyl (C=O) groups excluding carboxylic acids is 1. The molecule has 2 aromatic rings. The SMILES string of the molecule is CC(C)(Cc1ccccc1)C(=O)Nc1ccc(OCC(=O)O)cc1. The molecule has 0 fully saturated rings. The Bertz CT molecular complexity index is 693. The number of rotatable bonds is 7. The highest BCUT2D eigenvalue weighted by molar-refractivity contribution is 5.95. The first-order valence-electron chi connectivity index (χ1n) is 7.67. The molecular weight excluding hydrogens is 306 g/mol. The average molecular weight is 327 g/mol. The first-order chi connectivity index (χ1) is 11.4. The molecule has 0 spiro atoms. The van der Waals surface area contributed by atoms with E-state index in [4.69, 9.17) is 9.84 Å². The quantitative estimate of drug-likeness (QED) is 0.817. The lowest BCUT2D eigenvalue weighted by Gasteiger charge is -2.23. The number of hydrogen-bond donors (Lipinski definition) is 2. The van der Waals surface area contributed by atoms with E-state index in [9.17, 15) is 9.59 Å². The Hall–Kier alpha value is -2.82. The lowest BCUT2D eigenvalue weighted by atomic mass is 9.84. The summed E-state index contributed by atoms with van der Waals surface area (Å²) >= 11 is 0. The van der Waals surface area contributed by atoms with Crippen molar-refractivity contribution in [2.24, 2.45) is 5.41 Å². The fourth-order valence-corrected chi connectivity index (χ4v) is 2.27. The van der Waals surface area contributed by atoms with E-state index in [2.05, 4.69) is 5.32 Å². The number of aliphatic carboxylic acids is 1. The molecule has 0 bridgehead atoms. The van der Waals surface area contributed by atoms with Crippen molar-refractivity contribution >= 4 is 17.6 Å². The van der Waals surface area contributed by atoms with Crippen LogP contribution in [0.5, 0.6) is 5.75 Å². The minimum atomic E-state index is -1.03. The highest BCUT2D eigenvalue weighted by Crippen LogP contribution is 2.25. The summed E-state index contributed by atoms with van der Waals surface area (Å²) in [4.78, 5) is 23.0. The normalized spacial score (nSPS) is 10.9. The molecule has 2 N–H and O–H groups in total. The molecule has 0 heterocycles. The summed E-state index contributed by atoms with van der Waals surface area (Å²) in [5, 5.41) is 11.5. The number of carboxylic acid groups (broad SMARTS) is 1. The lowest BCUT2D eigenvalue weighted by Crippen LogP contribution is -2.32. The van der Waals surface area contributed by atoms with Gasteiger partial charge < -0.3 is 15.2 Å². The Labute approximate surface area is 141 Å². The topological polar surface area (TPSA) is 75.6 Å². The Kier molecular flexibility index (Phi) is 5.58. The molecule has 0 aliphatic heterocycles. The van der Waals surface area contributed by atoms with E-state index < -0.39 is 18.0 Å². The van der Waals surface area contributed by atoms with E-state index in [1.165, 1.54) is 0 Å². The summed E-state index contributed by atoms with van der Waals surface area (Å²) in [6.45, 7) is 3.41. The van der Waals surface area contributed by atoms with Gasteiger partial charge in [-0.2, -0.15) is 0 Å². The second kappa shape index (κ2) is 7.64. The molecule has 126 valence electrons. The van der Waals surface area contributed by atoms with E-state index in [0.29, 0.717) is 17.9 Å². The standard InChI is InChI=1S/C19H21NO4/c1-19(2,12-14-6-4-3-5-7-14)18(23)20-15-8-10-16(11-9-15)24-13-17(21)22/h3-11H,12-13H2,1-2H3,(H,20,23)(H,21,22). The zero-order valence-electron chi connectivity index (χ0n) is 13.8. The Morgan fingerprint density at radius 2 is 1.67 bits per heavy atom. The molecule has 5 nitrogen and oxygen atoms in total. The van der Waals surface area contributed by atoms with Crippen LogP contribution in [0.15, 0.2) is 54.6 Å². The Balaban J connectivity index is 1.96. The second-order valence-electron chi connectivity index (χ2n) is 6.21. The van der Waals surface area contributed by atoms with Crippen LogP contribution in [0.25, 0.3) is 0 Å². The molecule has 0 atom stereocenters. The molecule has 0 aromatic heterocycles. The van der Waals surface area contributed by atoms with Crippen LogP contribution < -0.4 is 10.1 Å². The number of hydrogen-bond acceptors (Lipinski definition) is 3. The molecule has 0 aliphatic rings. The number of benzene rings is 2. The van der Waals surface area contributed by atoms with Crippen molar-refractivity contribution in [3.8, 4) is 5.75 Å². The van der Waals surface area contributed by atoms with Gasteiger partial charge in [0, 0.05) is 11.1 Å². The number of ether oxygens (including phenoxy) is 1. The minimum Gasteiger partial charge on any atom is -0.482 e. The van der Waals surface area contributed by atoms with Gasteiger partial charge in [0.2, 0.25) is 5.91 Å². The lowest BCUT2D eigenvalue weighted by molar-refractivity contribution is -0.139. The summed E-state index contributed by atoms with van der Waals surface area (Å²) in [7, 11) is 0. The van der Waals surface area contributed by atoms with E-state index in [1.54, 1.807) is 24.3 Å². The molecule has 2 aromatic carbocycles. The van der Waals surface area contributed by atoms with Crippen LogP contribution >= 0.6 is 0 Å². The number of anilines is 1. The number of carboxylic acids is 1. The van der Waals surface area contributed by atoms with Crippen LogP contribution in [0, 0.1) is 5.41 Å². The third kappa shape index (κ3) is 5.12. The zero-order chi connectivity index (χ0) is 17.6. The van der Waals surface area contributed by atoms with Crippen LogP contribution in [-0.4, -0.2) is 23.6 Å². The van der Waals surface area contributed by atoms with Crippen molar-refractivity contribution in [1.29, 1.82) is 0 Å². The Morgan fingerprint density at radius 1 is 1.04 bits per heavy atom. The van der Waals surface area contributed by atoms with Gasteiger partial charge in [-0.1, -0.05) is 44.2 Å². The van der Waals surface area contributed by atoms with Gasteiger partial charge >= 0.3 is 5.97 Å². The first kappa shape index (κ1) is 17.5. The third-order valence-corrected chi connectivity index (χ3v) is 3.58. The maximum Gasteiger partial charge on any atom is 0.341 e. The van der Waals surface area contributed by atoms with Crippen molar-refractivity contribution in [3.05, 3.63) is 60.2 Å². The number of amides is 1. The maximum atomic E-state index is 12.5. The minimum absolute atomic E-state index is 0.0782. The molecule has 0 radical (unpaired) electrons. The fourth-order valence-electron chi connectivity index (χ4n) is 2.27. The summed E-state index contributed by atoms with van der Waals surface area (Å²) in [6.07, 6.45) is 0.638. The van der Waals surface area contributed by atoms with Crippen LogP contribution in [0.3, 0.4) is 0 Å². The largest absolute Gasteiger partial charge is 0.482 e. The van der Waals surface area contributed by atoms with Crippen molar-refractivity contribution in [2.75, 3.05) is 11.9 Å². The van der Waals surface area contributed by atoms with Gasteiger partial charge in [0.1, 0.15) is 5.75 Å². The monoisotopic (exact) mass is 327 g/mol. The predicted molar refractivity (Wildman–Crippen MR) is 92.1 cm³/mol. The molecule has 0 saturated heterocycles. The van der Waals surface area contributed by atoms with Gasteiger partial charge in [-0.3, -0.25) is 4.79 Å². The molecule has 0 aliphatic carbocycles. The van der Waals surface area contributed by atoms with Crippen molar-refractivity contribution in [2.45, 2.75) is 20.3 Å². The van der Waals surface area contributed by atoms with Crippen molar-refractivity contribution in [3.63, 3.8) is 0 Å². The summed E-state index contributed by atoms with van der Waals surface area (Å²) < 4.78 is 5.06. The van der Waals surface area contributed by atoms with Crippen LogP contribution in [0.4, 0.5) is 5.69 Å². The molecular formula is C19H21NO4. The first-order valence-corrected chi connectivity index (χ1v) is 7.67. The summed E-state index contributed by atoms with van der Waals surface area (Å²) in [5.74, 6) is -0.667. The van der Waals surface area contributed by atoms with Gasteiger partial charge in [-0.15, -0.1) is 0 Å². The molecule has 1 amide bonds. The number of nitrogens with one attached hydrogen (secondary N) is 1. The smallest absolute Gasteiger partial charge is 0.341 e. The average Bonchev–Trinajstić information content (AvgIpc) is 2.54. The van der Waals surface area contributed by atoms with Crippen molar-refractivity contribution < 1.29 is 19.4 Å². The van der Waals surface area contributed by atoms with E-state index in [1.807, 2.05) is 44.2 Å². The molecule has 2 rings (SSSR count). The molecule has 0 saturated carbocycles. The van der Waals surface area contributed by atoms with Crippen LogP contribution in [-0.2, 0) is 16.0 Å². The molecule has 24 heavy (non-hydrogen) atoms. The van der Waals surface area contributed by atoms with Gasteiger partial charge in [0.25, 0.3) is 0 Å². The van der Waals surface area contributed by atoms with Gasteiger partial charge in [0.05, 0.1) is 0 Å². The fraction of sp³-hybridized carbons (Fsp3) is 0.263. The maximum absolute atomic E-state index is 12.5. The van der Waals surface area contributed by atoms with E-state index >= 15 is 0 Å². The van der Waals surface area contributed by atoms with Crippen LogP contribution in [0.2, 0.25) is 0 Å². The zero-order valence-corrected chi connectivity index (χ0v) is 13.8. The molecule has 0 unspecified atom stereocenters. The predicted octanol–water partition coefficient (Wildman–Crippen LogP) is 3.36. The van der Waals surface area contributed by atoms with Crippen LogP contribution in [0.1, 0.15) is 19.4 Å². The van der Waals surface area contributed by atoms with Crippen molar-refractivity contribution in [1.82, 2.24) is 0 Å². The Morgan fingerprint density at radius 3 is 2.25 bits per heavy atom. The van der Waals surface area contributed by atoms with E-state index in [-0.39, 0.29) is 5.91 Å². The van der Waals surface area contributed by atoms with Gasteiger partial charge in [-0.25, -0.2) is 4.79 Å². The summed E-state index contributed by atoms with van der Waals surface area (Å²) in [6, 6.07) is 16.5. The number of carbonyl (C=O) groups is 2. The van der Waals surface area contributed by atoms with Gasteiger partial charge in [-0.05, 0) is 36.2 Å². The van der Waals surface area contributed by atoms with Gasteiger partial charge in [0.15, 0.2) is 6.61 Å². The third-order valence-electron chi connectivity index (χ3n) is 3.58. The summed E-state index contributed by atoms with van der Waals surface area (Å²) in [5.41, 5.74) is 1.19. The molecule has 5 heteroatoms. The highest BCUT2D eigenvalue weighted by atomic mass is 16.5.